The van der Waals surface area contributed by atoms with Crippen molar-refractivity contribution in [3.8, 4) is 0 Å². The van der Waals surface area contributed by atoms with Crippen LogP contribution in [-0.2, 0) is 5.54 Å². The number of benzene rings is 1. The van der Waals surface area contributed by atoms with Crippen LogP contribution in [0.5, 0.6) is 0 Å². The molecule has 0 spiro atoms. The van der Waals surface area contributed by atoms with Crippen LogP contribution in [0.3, 0.4) is 0 Å². The second-order valence-electron chi connectivity index (χ2n) is 4.76. The lowest BCUT2D eigenvalue weighted by molar-refractivity contribution is 0.0929. The number of hydrogen-bond acceptors (Lipinski definition) is 2. The zero-order valence-electron chi connectivity index (χ0n) is 10.3. The maximum absolute atomic E-state index is 12.3. The van der Waals surface area contributed by atoms with Gasteiger partial charge in [0.1, 0.15) is 0 Å². The minimum Gasteiger partial charge on any atom is -0.341 e. The quantitative estimate of drug-likeness (QED) is 0.851. The van der Waals surface area contributed by atoms with E-state index in [1.165, 1.54) is 0 Å². The third-order valence-electron chi connectivity index (χ3n) is 3.34. The second-order valence-corrected chi connectivity index (χ2v) is 6.01. The minimum atomic E-state index is -0.250. The van der Waals surface area contributed by atoms with Gasteiger partial charge in [0.2, 0.25) is 0 Å². The standard InChI is InChI=1S/C15H13IN2O/c16-12-5-3-4-11(10-12)14(19)18-15(7-8-15)13-6-1-2-9-17-13/h1-6,9-10H,7-8H2,(H,18,19). The first-order valence-corrected chi connectivity index (χ1v) is 7.27. The van der Waals surface area contributed by atoms with E-state index in [9.17, 15) is 4.79 Å². The molecule has 3 rings (SSSR count). The van der Waals surface area contributed by atoms with Crippen molar-refractivity contribution in [1.29, 1.82) is 0 Å². The number of hydrogen-bond donors (Lipinski definition) is 1. The van der Waals surface area contributed by atoms with E-state index in [1.54, 1.807) is 6.20 Å². The zero-order valence-corrected chi connectivity index (χ0v) is 12.4. The molecule has 0 bridgehead atoms. The van der Waals surface area contributed by atoms with Crippen molar-refractivity contribution < 1.29 is 4.79 Å². The normalized spacial score (nSPS) is 15.8. The van der Waals surface area contributed by atoms with E-state index in [4.69, 9.17) is 0 Å². The van der Waals surface area contributed by atoms with E-state index in [2.05, 4.69) is 32.9 Å². The molecule has 1 N–H and O–H groups in total. The number of amides is 1. The summed E-state index contributed by atoms with van der Waals surface area (Å²) in [4.78, 5) is 16.6. The molecule has 1 aliphatic carbocycles. The molecule has 1 fully saturated rings. The molecule has 4 heteroatoms. The highest BCUT2D eigenvalue weighted by Gasteiger charge is 2.46. The van der Waals surface area contributed by atoms with E-state index < -0.39 is 0 Å². The van der Waals surface area contributed by atoms with Gasteiger partial charge in [0, 0.05) is 15.3 Å². The highest BCUT2D eigenvalue weighted by atomic mass is 127. The van der Waals surface area contributed by atoms with Gasteiger partial charge in [-0.2, -0.15) is 0 Å². The number of carbonyl (C=O) groups is 1. The van der Waals surface area contributed by atoms with Gasteiger partial charge < -0.3 is 5.32 Å². The van der Waals surface area contributed by atoms with Crippen molar-refractivity contribution in [2.24, 2.45) is 0 Å². The molecule has 1 amide bonds. The number of halogens is 1. The van der Waals surface area contributed by atoms with Crippen LogP contribution >= 0.6 is 22.6 Å². The Hall–Kier alpha value is -1.43. The SMILES string of the molecule is O=C(NC1(c2ccccn2)CC1)c1cccc(I)c1. The maximum Gasteiger partial charge on any atom is 0.252 e. The van der Waals surface area contributed by atoms with Gasteiger partial charge in [-0.3, -0.25) is 9.78 Å². The highest BCUT2D eigenvalue weighted by Crippen LogP contribution is 2.44. The van der Waals surface area contributed by atoms with Gasteiger partial charge in [0.15, 0.2) is 0 Å². The predicted octanol–water partition coefficient (Wildman–Crippen LogP) is 3.11. The number of rotatable bonds is 3. The summed E-state index contributed by atoms with van der Waals surface area (Å²) in [6.45, 7) is 0. The van der Waals surface area contributed by atoms with Gasteiger partial charge in [0.25, 0.3) is 5.91 Å². The summed E-state index contributed by atoms with van der Waals surface area (Å²) in [6.07, 6.45) is 3.69. The Morgan fingerprint density at radius 2 is 2.05 bits per heavy atom. The van der Waals surface area contributed by atoms with E-state index in [-0.39, 0.29) is 11.4 Å². The molecule has 2 aromatic rings. The molecule has 19 heavy (non-hydrogen) atoms. The molecule has 0 aliphatic heterocycles. The molecule has 0 atom stereocenters. The summed E-state index contributed by atoms with van der Waals surface area (Å²) in [5.41, 5.74) is 1.41. The second kappa shape index (κ2) is 4.92. The van der Waals surface area contributed by atoms with Gasteiger partial charge >= 0.3 is 0 Å². The molecule has 1 saturated carbocycles. The number of pyridine rings is 1. The lowest BCUT2D eigenvalue weighted by Crippen LogP contribution is -2.35. The molecule has 1 aromatic heterocycles. The minimum absolute atomic E-state index is 0.0262. The summed E-state index contributed by atoms with van der Waals surface area (Å²) in [5.74, 6) is -0.0262. The van der Waals surface area contributed by atoms with Crippen LogP contribution in [0.2, 0.25) is 0 Å². The van der Waals surface area contributed by atoms with E-state index in [1.807, 2.05) is 42.5 Å². The third-order valence-corrected chi connectivity index (χ3v) is 4.02. The van der Waals surface area contributed by atoms with Crippen LogP contribution in [0.1, 0.15) is 28.9 Å². The van der Waals surface area contributed by atoms with Gasteiger partial charge in [-0.25, -0.2) is 0 Å². The summed E-state index contributed by atoms with van der Waals surface area (Å²) < 4.78 is 1.06. The first-order chi connectivity index (χ1) is 9.20. The first-order valence-electron chi connectivity index (χ1n) is 6.19. The van der Waals surface area contributed by atoms with Crippen LogP contribution in [0.4, 0.5) is 0 Å². The van der Waals surface area contributed by atoms with Crippen LogP contribution in [-0.4, -0.2) is 10.9 Å². The summed E-state index contributed by atoms with van der Waals surface area (Å²) >= 11 is 2.21. The fourth-order valence-electron chi connectivity index (χ4n) is 2.14. The van der Waals surface area contributed by atoms with Crippen molar-refractivity contribution in [3.63, 3.8) is 0 Å². The van der Waals surface area contributed by atoms with Crippen LogP contribution in [0, 0.1) is 3.57 Å². The third kappa shape index (κ3) is 2.63. The number of nitrogens with zero attached hydrogens (tertiary/aromatic N) is 1. The molecule has 96 valence electrons. The number of carbonyl (C=O) groups excluding carboxylic acids is 1. The van der Waals surface area contributed by atoms with Crippen LogP contribution < -0.4 is 5.32 Å². The Morgan fingerprint density at radius 3 is 2.68 bits per heavy atom. The summed E-state index contributed by atoms with van der Waals surface area (Å²) in [7, 11) is 0. The molecule has 1 heterocycles. The van der Waals surface area contributed by atoms with Crippen molar-refractivity contribution in [3.05, 3.63) is 63.5 Å². The Kier molecular flexibility index (Phi) is 3.26. The van der Waals surface area contributed by atoms with E-state index in [0.29, 0.717) is 5.56 Å². The Labute approximate surface area is 125 Å². The summed E-state index contributed by atoms with van der Waals surface area (Å²) in [6, 6.07) is 13.4. The average Bonchev–Trinajstić information content (AvgIpc) is 3.21. The molecule has 0 radical (unpaired) electrons. The van der Waals surface area contributed by atoms with Gasteiger partial charge in [-0.1, -0.05) is 12.1 Å². The van der Waals surface area contributed by atoms with E-state index >= 15 is 0 Å². The number of nitrogens with one attached hydrogen (secondary N) is 1. The van der Waals surface area contributed by atoms with Crippen molar-refractivity contribution >= 4 is 28.5 Å². The Bertz CT molecular complexity index is 609. The Balaban J connectivity index is 1.81. The van der Waals surface area contributed by atoms with Crippen molar-refractivity contribution in [1.82, 2.24) is 10.3 Å². The summed E-state index contributed by atoms with van der Waals surface area (Å²) in [5, 5.41) is 3.12. The molecule has 1 aliphatic rings. The number of aromatic nitrogens is 1. The smallest absolute Gasteiger partial charge is 0.252 e. The molecular weight excluding hydrogens is 351 g/mol. The molecular formula is C15H13IN2O. The molecule has 1 aromatic carbocycles. The lowest BCUT2D eigenvalue weighted by atomic mass is 10.1. The molecule has 0 saturated heterocycles. The fourth-order valence-corrected chi connectivity index (χ4v) is 2.68. The highest BCUT2D eigenvalue weighted by molar-refractivity contribution is 14.1. The monoisotopic (exact) mass is 364 g/mol. The lowest BCUT2D eigenvalue weighted by Gasteiger charge is -2.16. The van der Waals surface area contributed by atoms with Gasteiger partial charge in [-0.15, -0.1) is 0 Å². The van der Waals surface area contributed by atoms with Crippen LogP contribution in [0.15, 0.2) is 48.7 Å². The average molecular weight is 364 g/mol. The van der Waals surface area contributed by atoms with E-state index in [0.717, 1.165) is 22.1 Å². The molecule has 0 unspecified atom stereocenters. The Morgan fingerprint density at radius 1 is 1.21 bits per heavy atom. The fraction of sp³-hybridized carbons (Fsp3) is 0.200. The predicted molar refractivity (Wildman–Crippen MR) is 81.8 cm³/mol. The van der Waals surface area contributed by atoms with Crippen molar-refractivity contribution in [2.75, 3.05) is 0 Å². The largest absolute Gasteiger partial charge is 0.341 e. The van der Waals surface area contributed by atoms with Gasteiger partial charge in [0.05, 0.1) is 11.2 Å². The zero-order chi connectivity index (χ0) is 13.3. The molecule has 3 nitrogen and oxygen atoms in total. The topological polar surface area (TPSA) is 42.0 Å². The van der Waals surface area contributed by atoms with Crippen molar-refractivity contribution in [2.45, 2.75) is 18.4 Å². The maximum atomic E-state index is 12.3. The first kappa shape index (κ1) is 12.6. The van der Waals surface area contributed by atoms with Crippen LogP contribution in [0.25, 0.3) is 0 Å². The van der Waals surface area contributed by atoms with Gasteiger partial charge in [-0.05, 0) is 65.8 Å².